The van der Waals surface area contributed by atoms with Crippen LogP contribution in [0.15, 0.2) is 41.3 Å². The first kappa shape index (κ1) is 26.7. The Bertz CT molecular complexity index is 1290. The normalized spacial score (nSPS) is 11.9. The van der Waals surface area contributed by atoms with Crippen molar-refractivity contribution in [1.29, 1.82) is 0 Å². The molecule has 186 valence electrons. The molecule has 12 heteroatoms. The van der Waals surface area contributed by atoms with Gasteiger partial charge in [0, 0.05) is 12.7 Å². The average molecular weight is 573 g/mol. The summed E-state index contributed by atoms with van der Waals surface area (Å²) in [5, 5.41) is 9.59. The van der Waals surface area contributed by atoms with Gasteiger partial charge in [-0.05, 0) is 58.1 Å². The number of anilines is 1. The number of rotatable bonds is 5. The molecule has 0 spiro atoms. The molecule has 3 aromatic rings. The molecule has 0 atom stereocenters. The van der Waals surface area contributed by atoms with Crippen LogP contribution in [0.4, 0.5) is 18.9 Å². The van der Waals surface area contributed by atoms with Crippen LogP contribution in [0.3, 0.4) is 0 Å². The van der Waals surface area contributed by atoms with E-state index in [9.17, 15) is 22.8 Å². The quantitative estimate of drug-likeness (QED) is 0.392. The number of pyridine rings is 1. The van der Waals surface area contributed by atoms with E-state index in [2.05, 4.69) is 36.6 Å². The van der Waals surface area contributed by atoms with Crippen LogP contribution in [-0.4, -0.2) is 33.1 Å². The minimum Gasteiger partial charge on any atom is -0.352 e. The molecule has 0 radical (unpaired) electrons. The van der Waals surface area contributed by atoms with Crippen molar-refractivity contribution in [2.24, 2.45) is 0 Å². The molecule has 1 aromatic carbocycles. The van der Waals surface area contributed by atoms with Crippen molar-refractivity contribution in [2.75, 3.05) is 11.9 Å². The number of aromatic nitrogens is 3. The van der Waals surface area contributed by atoms with Gasteiger partial charge in [0.05, 0.1) is 33.6 Å². The van der Waals surface area contributed by atoms with E-state index >= 15 is 0 Å². The van der Waals surface area contributed by atoms with Gasteiger partial charge in [0.1, 0.15) is 4.60 Å². The molecule has 0 saturated carbocycles. The van der Waals surface area contributed by atoms with E-state index in [0.717, 1.165) is 12.1 Å². The molecule has 2 N–H and O–H groups in total. The molecule has 0 aliphatic heterocycles. The third kappa shape index (κ3) is 5.67. The molecule has 0 aliphatic rings. The lowest BCUT2D eigenvalue weighted by Gasteiger charge is -2.26. The zero-order chi connectivity index (χ0) is 26.1. The number of carbonyl (C=O) groups is 2. The zero-order valence-corrected chi connectivity index (χ0v) is 21.6. The van der Waals surface area contributed by atoms with Crippen LogP contribution >= 0.6 is 27.5 Å². The first-order valence-corrected chi connectivity index (χ1v) is 11.6. The Labute approximate surface area is 213 Å². The van der Waals surface area contributed by atoms with Gasteiger partial charge in [-0.1, -0.05) is 32.4 Å². The molecule has 2 amide bonds. The van der Waals surface area contributed by atoms with Crippen LogP contribution in [0.2, 0.25) is 5.02 Å². The number of halogens is 5. The topological polar surface area (TPSA) is 88.9 Å². The highest BCUT2D eigenvalue weighted by atomic mass is 79.9. The van der Waals surface area contributed by atoms with Gasteiger partial charge in [0.15, 0.2) is 5.82 Å². The second-order valence-corrected chi connectivity index (χ2v) is 9.74. The third-order valence-corrected chi connectivity index (χ3v) is 6.05. The predicted octanol–water partition coefficient (Wildman–Crippen LogP) is 6.00. The smallest absolute Gasteiger partial charge is 0.352 e. The number of nitrogens with zero attached hydrogens (tertiary/aromatic N) is 3. The van der Waals surface area contributed by atoms with E-state index in [1.807, 2.05) is 0 Å². The van der Waals surface area contributed by atoms with Gasteiger partial charge in [-0.3, -0.25) is 9.59 Å². The molecule has 0 aliphatic carbocycles. The molecular weight excluding hydrogens is 551 g/mol. The summed E-state index contributed by atoms with van der Waals surface area (Å²) in [7, 11) is 0. The molecule has 0 bridgehead atoms. The van der Waals surface area contributed by atoms with Gasteiger partial charge in [0.25, 0.3) is 11.8 Å². The molecule has 7 nitrogen and oxygen atoms in total. The van der Waals surface area contributed by atoms with Gasteiger partial charge >= 0.3 is 6.18 Å². The van der Waals surface area contributed by atoms with Crippen LogP contribution in [-0.2, 0) is 11.6 Å². The molecular formula is C23H22BrClF3N5O2. The Hall–Kier alpha value is -2.92. The van der Waals surface area contributed by atoms with E-state index in [1.54, 1.807) is 39.8 Å². The van der Waals surface area contributed by atoms with Crippen LogP contribution in [0, 0.1) is 0 Å². The molecule has 2 heterocycles. The fourth-order valence-electron chi connectivity index (χ4n) is 3.31. The second-order valence-electron chi connectivity index (χ2n) is 8.58. The Morgan fingerprint density at radius 1 is 1.14 bits per heavy atom. The highest BCUT2D eigenvalue weighted by Crippen LogP contribution is 2.39. The summed E-state index contributed by atoms with van der Waals surface area (Å²) in [4.78, 5) is 30.2. The Morgan fingerprint density at radius 2 is 1.83 bits per heavy atom. The van der Waals surface area contributed by atoms with Crippen molar-refractivity contribution in [3.05, 3.63) is 68.5 Å². The summed E-state index contributed by atoms with van der Waals surface area (Å²) in [5.41, 5.74) is -1.92. The fourth-order valence-corrected chi connectivity index (χ4v) is 4.06. The minimum atomic E-state index is -4.68. The predicted molar refractivity (Wildman–Crippen MR) is 130 cm³/mol. The highest BCUT2D eigenvalue weighted by molar-refractivity contribution is 9.10. The van der Waals surface area contributed by atoms with Gasteiger partial charge in [-0.2, -0.15) is 18.3 Å². The summed E-state index contributed by atoms with van der Waals surface area (Å²) in [5.74, 6) is -1.16. The van der Waals surface area contributed by atoms with E-state index in [1.165, 1.54) is 17.1 Å². The standard InChI is InChI=1S/C23H22BrClF3N5O2/c1-5-29-20(34)13-9-12(23(26,27)28)10-15(22(2,3)4)17(13)32-21(35)14-11-31-33(18(14)24)19-16(25)7-6-8-30-19/h6-11H,5H2,1-4H3,(H,29,34)(H,32,35). The van der Waals surface area contributed by atoms with Crippen LogP contribution in [0.5, 0.6) is 0 Å². The summed E-state index contributed by atoms with van der Waals surface area (Å²) < 4.78 is 42.4. The van der Waals surface area contributed by atoms with Crippen LogP contribution in [0.1, 0.15) is 59.5 Å². The summed E-state index contributed by atoms with van der Waals surface area (Å²) in [6.07, 6.45) is -1.92. The lowest BCUT2D eigenvalue weighted by Crippen LogP contribution is -2.28. The number of alkyl halides is 3. The number of carbonyl (C=O) groups excluding carboxylic acids is 2. The molecule has 2 aromatic heterocycles. The molecule has 0 unspecified atom stereocenters. The van der Waals surface area contributed by atoms with Crippen molar-refractivity contribution in [3.63, 3.8) is 0 Å². The Morgan fingerprint density at radius 3 is 2.40 bits per heavy atom. The van der Waals surface area contributed by atoms with Crippen molar-refractivity contribution >= 4 is 45.0 Å². The Balaban J connectivity index is 2.14. The van der Waals surface area contributed by atoms with E-state index in [4.69, 9.17) is 11.6 Å². The molecule has 35 heavy (non-hydrogen) atoms. The summed E-state index contributed by atoms with van der Waals surface area (Å²) in [6.45, 7) is 6.91. The van der Waals surface area contributed by atoms with Crippen molar-refractivity contribution < 1.29 is 22.8 Å². The first-order chi connectivity index (χ1) is 16.3. The van der Waals surface area contributed by atoms with E-state index in [-0.39, 0.29) is 39.3 Å². The molecule has 0 saturated heterocycles. The molecule has 3 rings (SSSR count). The van der Waals surface area contributed by atoms with Crippen molar-refractivity contribution in [3.8, 4) is 5.82 Å². The minimum absolute atomic E-state index is 0.0167. The number of hydrogen-bond donors (Lipinski definition) is 2. The number of amides is 2. The van der Waals surface area contributed by atoms with Gasteiger partial charge < -0.3 is 10.6 Å². The third-order valence-electron chi connectivity index (χ3n) is 4.99. The second kappa shape index (κ2) is 9.98. The van der Waals surface area contributed by atoms with Gasteiger partial charge in [0.2, 0.25) is 0 Å². The highest BCUT2D eigenvalue weighted by Gasteiger charge is 2.35. The maximum absolute atomic E-state index is 13.6. The number of hydrogen-bond acceptors (Lipinski definition) is 4. The molecule has 0 fully saturated rings. The largest absolute Gasteiger partial charge is 0.416 e. The SMILES string of the molecule is CCNC(=O)c1cc(C(F)(F)F)cc(C(C)(C)C)c1NC(=O)c1cnn(-c2ncccc2Cl)c1Br. The van der Waals surface area contributed by atoms with Crippen LogP contribution in [0.25, 0.3) is 5.82 Å². The average Bonchev–Trinajstić information content (AvgIpc) is 3.13. The van der Waals surface area contributed by atoms with E-state index in [0.29, 0.717) is 5.02 Å². The zero-order valence-electron chi connectivity index (χ0n) is 19.2. The summed E-state index contributed by atoms with van der Waals surface area (Å²) >= 11 is 9.49. The van der Waals surface area contributed by atoms with Gasteiger partial charge in [-0.25, -0.2) is 9.67 Å². The lowest BCUT2D eigenvalue weighted by atomic mass is 9.83. The van der Waals surface area contributed by atoms with Crippen molar-refractivity contribution in [1.82, 2.24) is 20.1 Å². The lowest BCUT2D eigenvalue weighted by molar-refractivity contribution is -0.137. The fraction of sp³-hybridized carbons (Fsp3) is 0.304. The van der Waals surface area contributed by atoms with E-state index < -0.39 is 29.0 Å². The number of benzene rings is 1. The maximum Gasteiger partial charge on any atom is 0.416 e. The number of nitrogens with one attached hydrogen (secondary N) is 2. The maximum atomic E-state index is 13.6. The Kier molecular flexibility index (Phi) is 7.61. The first-order valence-electron chi connectivity index (χ1n) is 10.4. The monoisotopic (exact) mass is 571 g/mol. The van der Waals surface area contributed by atoms with Crippen LogP contribution < -0.4 is 10.6 Å². The summed E-state index contributed by atoms with van der Waals surface area (Å²) in [6, 6.07) is 4.93. The van der Waals surface area contributed by atoms with Crippen molar-refractivity contribution in [2.45, 2.75) is 39.3 Å². The van der Waals surface area contributed by atoms with Gasteiger partial charge in [-0.15, -0.1) is 0 Å².